The third-order valence-electron chi connectivity index (χ3n) is 5.90. The predicted molar refractivity (Wildman–Crippen MR) is 131 cm³/mol. The number of likely N-dealkylation sites (tertiary alicyclic amines) is 1. The molecule has 1 unspecified atom stereocenters. The number of rotatable bonds is 7. The van der Waals surface area contributed by atoms with E-state index in [1.54, 1.807) is 6.07 Å². The first-order chi connectivity index (χ1) is 17.9. The summed E-state index contributed by atoms with van der Waals surface area (Å²) in [5.41, 5.74) is 6.44. The Kier molecular flexibility index (Phi) is 7.68. The summed E-state index contributed by atoms with van der Waals surface area (Å²) in [5, 5.41) is 17.6. The molecule has 1 aliphatic heterocycles. The first-order valence-electron chi connectivity index (χ1n) is 11.4. The number of fused-ring (bicyclic) bond motifs is 1. The zero-order valence-corrected chi connectivity index (χ0v) is 20.9. The molecule has 2 aromatic heterocycles. The van der Waals surface area contributed by atoms with Crippen LogP contribution in [0.5, 0.6) is 5.75 Å². The molecule has 0 aliphatic carbocycles. The number of pyridine rings is 1. The number of aryl methyl sites for hydroxylation is 1. The summed E-state index contributed by atoms with van der Waals surface area (Å²) in [7, 11) is 3.36. The van der Waals surface area contributed by atoms with Gasteiger partial charge in [0.1, 0.15) is 24.5 Å². The largest absolute Gasteiger partial charge is 0.573 e. The maximum atomic E-state index is 14.6. The summed E-state index contributed by atoms with van der Waals surface area (Å²) >= 11 is 0. The highest BCUT2D eigenvalue weighted by atomic mass is 31.0. The maximum absolute atomic E-state index is 14.6. The van der Waals surface area contributed by atoms with Gasteiger partial charge >= 0.3 is 6.36 Å². The van der Waals surface area contributed by atoms with E-state index in [0.717, 1.165) is 23.9 Å². The number of nitrogens with one attached hydrogen (secondary N) is 1. The molecular weight excluding hydrogens is 531 g/mol. The number of hydrogen-bond donors (Lipinski definition) is 3. The lowest BCUT2D eigenvalue weighted by molar-refractivity contribution is -0.275. The molecule has 38 heavy (non-hydrogen) atoms. The fraction of sp³-hybridized carbons (Fsp3) is 0.348. The average molecular weight is 554 g/mol. The minimum absolute atomic E-state index is 0.0529. The Balaban J connectivity index is 1.56. The molecule has 2 atom stereocenters. The number of anilines is 1. The van der Waals surface area contributed by atoms with E-state index in [-0.39, 0.29) is 25.2 Å². The highest BCUT2D eigenvalue weighted by molar-refractivity contribution is 7.21. The zero-order valence-electron chi connectivity index (χ0n) is 19.9. The monoisotopic (exact) mass is 554 g/mol. The van der Waals surface area contributed by atoms with Gasteiger partial charge in [0.2, 0.25) is 11.8 Å². The Morgan fingerprint density at radius 3 is 2.76 bits per heavy atom. The third-order valence-corrected chi connectivity index (χ3v) is 6.26. The van der Waals surface area contributed by atoms with Crippen molar-refractivity contribution in [1.29, 1.82) is 0 Å². The van der Waals surface area contributed by atoms with Crippen molar-refractivity contribution in [2.45, 2.75) is 44.9 Å². The molecule has 0 bridgehead atoms. The van der Waals surface area contributed by atoms with Crippen LogP contribution in [-0.2, 0) is 22.6 Å². The van der Waals surface area contributed by atoms with Crippen molar-refractivity contribution >= 4 is 42.6 Å². The van der Waals surface area contributed by atoms with Crippen LogP contribution >= 0.6 is 8.86 Å². The number of aliphatic hydroxyl groups excluding tert-OH is 1. The van der Waals surface area contributed by atoms with Crippen LogP contribution < -0.4 is 15.8 Å². The number of amides is 2. The number of alkyl halides is 3. The Morgan fingerprint density at radius 2 is 2.11 bits per heavy atom. The highest BCUT2D eigenvalue weighted by Gasteiger charge is 2.38. The van der Waals surface area contributed by atoms with E-state index in [4.69, 9.17) is 5.73 Å². The van der Waals surface area contributed by atoms with Crippen molar-refractivity contribution in [3.8, 4) is 5.75 Å². The summed E-state index contributed by atoms with van der Waals surface area (Å²) in [6.45, 7) is 1.62. The second-order valence-electron chi connectivity index (χ2n) is 8.53. The normalized spacial score (nSPS) is 16.7. The lowest BCUT2D eigenvalue weighted by Gasteiger charge is -2.24. The van der Waals surface area contributed by atoms with Gasteiger partial charge in [-0.1, -0.05) is 13.0 Å². The molecule has 4 rings (SSSR count). The number of nitrogens with zero attached hydrogens (tertiary/aromatic N) is 4. The van der Waals surface area contributed by atoms with Gasteiger partial charge in [0.05, 0.1) is 17.4 Å². The van der Waals surface area contributed by atoms with Gasteiger partial charge in [-0.3, -0.25) is 19.3 Å². The van der Waals surface area contributed by atoms with E-state index >= 15 is 0 Å². The van der Waals surface area contributed by atoms with Crippen LogP contribution in [0.2, 0.25) is 0 Å². The van der Waals surface area contributed by atoms with E-state index in [1.807, 2.05) is 6.92 Å². The standard InChI is InChI=1S/C23H23F4N6O4P/c1-2-11-6-13-16(8-29-11)33(31-20(13)21(28)35)10-18(34)32-9-12(38)7-15(32)22(36)30-14-4-3-5-17(19(14)24)37-23(25,26)27/h3-6,8,15,21,35,38H,2,7,9-10,28H2,1H3,(H,30,36)/t15-,21?/m0/s1. The number of aliphatic hydroxyl groups is 1. The molecule has 0 spiro atoms. The van der Waals surface area contributed by atoms with E-state index in [0.29, 0.717) is 22.6 Å². The van der Waals surface area contributed by atoms with Gasteiger partial charge in [-0.25, -0.2) is 4.39 Å². The van der Waals surface area contributed by atoms with Crippen LogP contribution in [-0.4, -0.2) is 60.8 Å². The molecule has 1 aliphatic rings. The Morgan fingerprint density at radius 1 is 1.37 bits per heavy atom. The third kappa shape index (κ3) is 5.77. The van der Waals surface area contributed by atoms with Crippen LogP contribution in [0.1, 0.15) is 31.0 Å². The molecule has 1 saturated heterocycles. The van der Waals surface area contributed by atoms with Crippen molar-refractivity contribution in [2.24, 2.45) is 5.73 Å². The lowest BCUT2D eigenvalue weighted by Crippen LogP contribution is -2.44. The number of carbonyl (C=O) groups is 2. The van der Waals surface area contributed by atoms with Crippen molar-refractivity contribution < 1.29 is 37.0 Å². The summed E-state index contributed by atoms with van der Waals surface area (Å²) in [6.07, 6.45) is -4.31. The number of aromatic nitrogens is 3. The van der Waals surface area contributed by atoms with Crippen molar-refractivity contribution in [3.05, 3.63) is 47.7 Å². The summed E-state index contributed by atoms with van der Waals surface area (Å²) in [6, 6.07) is 3.56. The van der Waals surface area contributed by atoms with Gasteiger partial charge in [0.15, 0.2) is 11.6 Å². The van der Waals surface area contributed by atoms with E-state index in [1.165, 1.54) is 15.8 Å². The topological polar surface area (TPSA) is 136 Å². The van der Waals surface area contributed by atoms with Gasteiger partial charge < -0.3 is 25.8 Å². The van der Waals surface area contributed by atoms with Gasteiger partial charge in [-0.15, -0.1) is 22.0 Å². The number of carbonyl (C=O) groups excluding carboxylic acids is 2. The molecule has 3 aromatic rings. The number of benzene rings is 1. The van der Waals surface area contributed by atoms with Crippen LogP contribution in [0.4, 0.5) is 23.2 Å². The molecular formula is C23H23F4N6O4P. The molecule has 15 heteroatoms. The molecule has 1 aromatic carbocycles. The second-order valence-corrected chi connectivity index (χ2v) is 9.24. The van der Waals surface area contributed by atoms with E-state index in [2.05, 4.69) is 29.0 Å². The van der Waals surface area contributed by atoms with Crippen LogP contribution in [0.25, 0.3) is 10.9 Å². The molecule has 1 fully saturated rings. The molecule has 2 amide bonds. The maximum Gasteiger partial charge on any atom is 0.573 e. The molecule has 202 valence electrons. The highest BCUT2D eigenvalue weighted by Crippen LogP contribution is 2.30. The minimum Gasteiger partial charge on any atom is -0.403 e. The van der Waals surface area contributed by atoms with E-state index < -0.39 is 47.7 Å². The Bertz CT molecular complexity index is 1410. The van der Waals surface area contributed by atoms with Gasteiger partial charge in [-0.05, 0) is 29.9 Å². The fourth-order valence-electron chi connectivity index (χ4n) is 4.14. The first kappa shape index (κ1) is 27.4. The number of ether oxygens (including phenoxy) is 1. The molecule has 0 saturated carbocycles. The minimum atomic E-state index is -5.12. The number of hydrogen-bond acceptors (Lipinski definition) is 7. The number of nitrogens with two attached hydrogens (primary N) is 1. The van der Waals surface area contributed by atoms with Crippen LogP contribution in [0.15, 0.2) is 30.5 Å². The van der Waals surface area contributed by atoms with Gasteiger partial charge in [0, 0.05) is 24.0 Å². The smallest absolute Gasteiger partial charge is 0.403 e. The van der Waals surface area contributed by atoms with Crippen LogP contribution in [0, 0.1) is 5.82 Å². The average Bonchev–Trinajstić information content (AvgIpc) is 3.41. The molecule has 0 radical (unpaired) electrons. The van der Waals surface area contributed by atoms with Crippen LogP contribution in [0.3, 0.4) is 0 Å². The quantitative estimate of drug-likeness (QED) is 0.232. The van der Waals surface area contributed by atoms with E-state index in [9.17, 15) is 32.3 Å². The summed E-state index contributed by atoms with van der Waals surface area (Å²) in [5.74, 6) is -3.86. The summed E-state index contributed by atoms with van der Waals surface area (Å²) < 4.78 is 57.1. The molecule has 4 N–H and O–H groups in total. The summed E-state index contributed by atoms with van der Waals surface area (Å²) in [4.78, 5) is 31.8. The molecule has 10 nitrogen and oxygen atoms in total. The Labute approximate surface area is 215 Å². The zero-order chi connectivity index (χ0) is 27.8. The lowest BCUT2D eigenvalue weighted by atomic mass is 10.2. The molecule has 3 heterocycles. The van der Waals surface area contributed by atoms with Gasteiger partial charge in [-0.2, -0.15) is 5.10 Å². The second kappa shape index (κ2) is 10.6. The van der Waals surface area contributed by atoms with Crippen molar-refractivity contribution in [1.82, 2.24) is 19.7 Å². The van der Waals surface area contributed by atoms with Gasteiger partial charge in [0.25, 0.3) is 0 Å². The fourth-order valence-corrected chi connectivity index (χ4v) is 4.50. The predicted octanol–water partition coefficient (Wildman–Crippen LogP) is 2.54. The van der Waals surface area contributed by atoms with Crippen molar-refractivity contribution in [3.63, 3.8) is 0 Å². The number of halogens is 4. The first-order valence-corrected chi connectivity index (χ1v) is 11.9. The van der Waals surface area contributed by atoms with Crippen molar-refractivity contribution in [2.75, 3.05) is 11.9 Å². The Hall–Kier alpha value is -3.61. The SMILES string of the molecule is CCc1cc2c(C(N)O)nn(CC(=O)N3CC(=P)C[C@H]3C(=O)Nc3cccc(OC(F)(F)F)c3F)c2cn1.